The highest BCUT2D eigenvalue weighted by atomic mass is 32.2. The molecule has 4 aromatic rings. The van der Waals surface area contributed by atoms with Gasteiger partial charge in [0.2, 0.25) is 5.91 Å². The summed E-state index contributed by atoms with van der Waals surface area (Å²) in [7, 11) is 0. The largest absolute Gasteiger partial charge is 0.360 e. The first-order chi connectivity index (χ1) is 15.5. The van der Waals surface area contributed by atoms with Crippen LogP contribution >= 0.6 is 11.8 Å². The number of aromatic nitrogens is 3. The summed E-state index contributed by atoms with van der Waals surface area (Å²) < 4.78 is 6.71. The maximum atomic E-state index is 13.5. The fourth-order valence-electron chi connectivity index (χ4n) is 3.51. The second-order valence-corrected chi connectivity index (χ2v) is 8.67. The minimum Gasteiger partial charge on any atom is -0.360 e. The van der Waals surface area contributed by atoms with Gasteiger partial charge in [-0.3, -0.25) is 14.2 Å². The number of hydrogen-bond donors (Lipinski definition) is 1. The fourth-order valence-corrected chi connectivity index (χ4v) is 4.61. The predicted octanol–water partition coefficient (Wildman–Crippen LogP) is 4.81. The number of nitrogens with one attached hydrogen (secondary N) is 1. The summed E-state index contributed by atoms with van der Waals surface area (Å²) in [5, 5.41) is 7.21. The molecule has 0 aliphatic carbocycles. The van der Waals surface area contributed by atoms with Crippen LogP contribution in [0.15, 0.2) is 75.1 Å². The minimum absolute atomic E-state index is 0.128. The molecule has 2 atom stereocenters. The monoisotopic (exact) mass is 448 g/mol. The van der Waals surface area contributed by atoms with Crippen LogP contribution in [0.4, 0.5) is 5.82 Å². The van der Waals surface area contributed by atoms with Crippen LogP contribution in [0.2, 0.25) is 0 Å². The molecule has 0 aliphatic heterocycles. The number of carbonyl (C=O) groups excluding carboxylic acids is 1. The van der Waals surface area contributed by atoms with Crippen LogP contribution in [0.5, 0.6) is 0 Å². The Morgan fingerprint density at radius 3 is 2.56 bits per heavy atom. The normalized spacial score (nSPS) is 13.1. The van der Waals surface area contributed by atoms with Crippen molar-refractivity contribution in [2.45, 2.75) is 43.6 Å². The van der Waals surface area contributed by atoms with Gasteiger partial charge in [-0.05, 0) is 38.0 Å². The number of anilines is 1. The van der Waals surface area contributed by atoms with Gasteiger partial charge in [0, 0.05) is 6.07 Å². The van der Waals surface area contributed by atoms with Gasteiger partial charge in [0.25, 0.3) is 5.56 Å². The minimum atomic E-state index is -0.464. The molecule has 32 heavy (non-hydrogen) atoms. The fraction of sp³-hybridized carbons (Fsp3) is 0.250. The number of para-hydroxylation sites is 1. The zero-order valence-electron chi connectivity index (χ0n) is 18.1. The third kappa shape index (κ3) is 4.45. The number of nitrogens with zero attached hydrogens (tertiary/aromatic N) is 3. The van der Waals surface area contributed by atoms with Gasteiger partial charge in [-0.25, -0.2) is 4.98 Å². The third-order valence-electron chi connectivity index (χ3n) is 5.23. The Labute approximate surface area is 189 Å². The standard InChI is InChI=1S/C24H24N4O3S/c1-4-20(22(29)26-21-14-15(2)31-27-21)32-24-25-19-13-9-8-12-18(19)23(30)28(24)16(3)17-10-6-5-7-11-17/h5-14,16,20H,4H2,1-3H3,(H,26,27,29)/t16-,20+/m0/s1. The molecule has 0 bridgehead atoms. The average molecular weight is 449 g/mol. The molecular weight excluding hydrogens is 424 g/mol. The number of rotatable bonds is 7. The third-order valence-corrected chi connectivity index (χ3v) is 6.57. The molecular formula is C24H24N4O3S. The molecule has 0 fully saturated rings. The van der Waals surface area contributed by atoms with Gasteiger partial charge in [0.1, 0.15) is 5.76 Å². The van der Waals surface area contributed by atoms with E-state index in [1.807, 2.05) is 62.4 Å². The summed E-state index contributed by atoms with van der Waals surface area (Å²) in [4.78, 5) is 31.2. The van der Waals surface area contributed by atoms with Crippen molar-refractivity contribution in [3.63, 3.8) is 0 Å². The van der Waals surface area contributed by atoms with Crippen LogP contribution in [-0.4, -0.2) is 25.9 Å². The Kier molecular flexibility index (Phi) is 6.41. The van der Waals surface area contributed by atoms with E-state index in [0.29, 0.717) is 34.1 Å². The van der Waals surface area contributed by atoms with Crippen molar-refractivity contribution in [3.05, 3.63) is 82.3 Å². The molecule has 1 amide bonds. The second-order valence-electron chi connectivity index (χ2n) is 7.50. The van der Waals surface area contributed by atoms with E-state index in [0.717, 1.165) is 5.56 Å². The van der Waals surface area contributed by atoms with E-state index in [-0.39, 0.29) is 17.5 Å². The summed E-state index contributed by atoms with van der Waals surface area (Å²) in [6.07, 6.45) is 0.551. The van der Waals surface area contributed by atoms with Gasteiger partial charge >= 0.3 is 0 Å². The molecule has 164 valence electrons. The summed E-state index contributed by atoms with van der Waals surface area (Å²) in [5.41, 5.74) is 1.47. The number of hydrogen-bond acceptors (Lipinski definition) is 6. The molecule has 8 heteroatoms. The van der Waals surface area contributed by atoms with Crippen LogP contribution in [0.25, 0.3) is 10.9 Å². The van der Waals surface area contributed by atoms with Crippen LogP contribution in [-0.2, 0) is 4.79 Å². The van der Waals surface area contributed by atoms with Gasteiger partial charge in [0.05, 0.1) is 22.2 Å². The SMILES string of the molecule is CC[C@@H](Sc1nc2ccccc2c(=O)n1[C@@H](C)c1ccccc1)C(=O)Nc1cc(C)on1. The van der Waals surface area contributed by atoms with E-state index in [2.05, 4.69) is 10.5 Å². The zero-order valence-corrected chi connectivity index (χ0v) is 18.9. The Balaban J connectivity index is 1.74. The van der Waals surface area contributed by atoms with E-state index in [9.17, 15) is 9.59 Å². The number of carbonyl (C=O) groups is 1. The molecule has 0 saturated heterocycles. The molecule has 2 aromatic heterocycles. The van der Waals surface area contributed by atoms with Gasteiger partial charge in [0.15, 0.2) is 11.0 Å². The molecule has 1 N–H and O–H groups in total. The summed E-state index contributed by atoms with van der Waals surface area (Å²) >= 11 is 1.28. The van der Waals surface area contributed by atoms with Crippen molar-refractivity contribution in [1.29, 1.82) is 0 Å². The summed E-state index contributed by atoms with van der Waals surface area (Å²) in [5.74, 6) is 0.767. The number of benzene rings is 2. The second kappa shape index (κ2) is 9.40. The van der Waals surface area contributed by atoms with Crippen LogP contribution in [0.3, 0.4) is 0 Å². The van der Waals surface area contributed by atoms with Crippen LogP contribution < -0.4 is 10.9 Å². The lowest BCUT2D eigenvalue weighted by molar-refractivity contribution is -0.115. The molecule has 0 spiro atoms. The lowest BCUT2D eigenvalue weighted by atomic mass is 10.1. The van der Waals surface area contributed by atoms with E-state index in [1.165, 1.54) is 11.8 Å². The van der Waals surface area contributed by atoms with Crippen molar-refractivity contribution in [1.82, 2.24) is 14.7 Å². The average Bonchev–Trinajstić information content (AvgIpc) is 3.22. The first-order valence-electron chi connectivity index (χ1n) is 10.4. The lowest BCUT2D eigenvalue weighted by Crippen LogP contribution is -2.30. The van der Waals surface area contributed by atoms with Gasteiger partial charge in [-0.2, -0.15) is 0 Å². The van der Waals surface area contributed by atoms with Crippen molar-refractivity contribution < 1.29 is 9.32 Å². The van der Waals surface area contributed by atoms with E-state index < -0.39 is 5.25 Å². The van der Waals surface area contributed by atoms with Gasteiger partial charge in [-0.1, -0.05) is 66.3 Å². The van der Waals surface area contributed by atoms with Crippen molar-refractivity contribution in [2.24, 2.45) is 0 Å². The lowest BCUT2D eigenvalue weighted by Gasteiger charge is -2.22. The highest BCUT2D eigenvalue weighted by Crippen LogP contribution is 2.29. The molecule has 7 nitrogen and oxygen atoms in total. The Bertz CT molecular complexity index is 1300. The van der Waals surface area contributed by atoms with Crippen LogP contribution in [0, 0.1) is 6.92 Å². The number of thioether (sulfide) groups is 1. The molecule has 0 aliphatic rings. The van der Waals surface area contributed by atoms with Gasteiger partial charge in [-0.15, -0.1) is 0 Å². The molecule has 2 heterocycles. The predicted molar refractivity (Wildman–Crippen MR) is 126 cm³/mol. The summed E-state index contributed by atoms with van der Waals surface area (Å²) in [6.45, 7) is 5.66. The quantitative estimate of drug-likeness (QED) is 0.322. The smallest absolute Gasteiger partial charge is 0.262 e. The van der Waals surface area contributed by atoms with E-state index in [4.69, 9.17) is 9.51 Å². The van der Waals surface area contributed by atoms with Crippen molar-refractivity contribution in [3.8, 4) is 0 Å². The Morgan fingerprint density at radius 2 is 1.88 bits per heavy atom. The first-order valence-corrected chi connectivity index (χ1v) is 11.3. The van der Waals surface area contributed by atoms with Crippen molar-refractivity contribution in [2.75, 3.05) is 5.32 Å². The molecule has 2 aromatic carbocycles. The maximum absolute atomic E-state index is 13.5. The zero-order chi connectivity index (χ0) is 22.7. The number of aryl methyl sites for hydroxylation is 1. The highest BCUT2D eigenvalue weighted by molar-refractivity contribution is 8.00. The molecule has 0 saturated carbocycles. The van der Waals surface area contributed by atoms with E-state index >= 15 is 0 Å². The Hall–Kier alpha value is -3.39. The first kappa shape index (κ1) is 21.8. The summed E-state index contributed by atoms with van der Waals surface area (Å²) in [6, 6.07) is 18.5. The maximum Gasteiger partial charge on any atom is 0.262 e. The Morgan fingerprint density at radius 1 is 1.16 bits per heavy atom. The molecule has 0 radical (unpaired) electrons. The van der Waals surface area contributed by atoms with Gasteiger partial charge < -0.3 is 9.84 Å². The topological polar surface area (TPSA) is 90.0 Å². The van der Waals surface area contributed by atoms with Crippen LogP contribution in [0.1, 0.15) is 37.6 Å². The number of fused-ring (bicyclic) bond motifs is 1. The number of amides is 1. The highest BCUT2D eigenvalue weighted by Gasteiger charge is 2.25. The van der Waals surface area contributed by atoms with Crippen molar-refractivity contribution >= 4 is 34.4 Å². The molecule has 4 rings (SSSR count). The molecule has 0 unspecified atom stereocenters. The van der Waals surface area contributed by atoms with E-state index in [1.54, 1.807) is 23.6 Å².